The average molecular weight is 276 g/mol. The summed E-state index contributed by atoms with van der Waals surface area (Å²) < 4.78 is 39.6. The molecule has 0 unspecified atom stereocenters. The SMILES string of the molecule is CCCN(CCOC(F)(F)F)Cc1ccccc1N. The first-order chi connectivity index (χ1) is 8.92. The van der Waals surface area contributed by atoms with Gasteiger partial charge in [-0.2, -0.15) is 0 Å². The molecule has 3 nitrogen and oxygen atoms in total. The van der Waals surface area contributed by atoms with E-state index < -0.39 is 6.36 Å². The molecule has 6 heteroatoms. The molecule has 108 valence electrons. The number of nitrogens with two attached hydrogens (primary N) is 1. The Morgan fingerprint density at radius 3 is 2.47 bits per heavy atom. The molecule has 1 aromatic rings. The number of rotatable bonds is 7. The van der Waals surface area contributed by atoms with Crippen molar-refractivity contribution in [2.45, 2.75) is 26.3 Å². The summed E-state index contributed by atoms with van der Waals surface area (Å²) in [4.78, 5) is 1.90. The Balaban J connectivity index is 2.51. The Labute approximate surface area is 111 Å². The second-order valence-corrected chi connectivity index (χ2v) is 4.27. The van der Waals surface area contributed by atoms with Crippen molar-refractivity contribution in [3.05, 3.63) is 29.8 Å². The first-order valence-corrected chi connectivity index (χ1v) is 6.19. The van der Waals surface area contributed by atoms with Crippen LogP contribution >= 0.6 is 0 Å². The lowest BCUT2D eigenvalue weighted by Gasteiger charge is -2.22. The van der Waals surface area contributed by atoms with E-state index in [-0.39, 0.29) is 13.2 Å². The molecule has 0 atom stereocenters. The van der Waals surface area contributed by atoms with E-state index in [4.69, 9.17) is 5.73 Å². The lowest BCUT2D eigenvalue weighted by molar-refractivity contribution is -0.325. The molecule has 0 spiro atoms. The van der Waals surface area contributed by atoms with E-state index in [1.165, 1.54) is 0 Å². The minimum Gasteiger partial charge on any atom is -0.398 e. The van der Waals surface area contributed by atoms with Gasteiger partial charge in [-0.15, -0.1) is 13.2 Å². The third-order valence-corrected chi connectivity index (χ3v) is 2.66. The molecule has 0 radical (unpaired) electrons. The van der Waals surface area contributed by atoms with Crippen LogP contribution < -0.4 is 5.73 Å². The summed E-state index contributed by atoms with van der Waals surface area (Å²) >= 11 is 0. The Kier molecular flexibility index (Phi) is 6.11. The van der Waals surface area contributed by atoms with Crippen molar-refractivity contribution in [1.29, 1.82) is 0 Å². The molecule has 2 N–H and O–H groups in total. The van der Waals surface area contributed by atoms with Crippen LogP contribution in [0, 0.1) is 0 Å². The molecule has 0 aliphatic heterocycles. The zero-order chi connectivity index (χ0) is 14.3. The van der Waals surface area contributed by atoms with Crippen molar-refractivity contribution < 1.29 is 17.9 Å². The van der Waals surface area contributed by atoms with Crippen molar-refractivity contribution >= 4 is 5.69 Å². The third kappa shape index (κ3) is 6.45. The predicted molar refractivity (Wildman–Crippen MR) is 68.4 cm³/mol. The maximum Gasteiger partial charge on any atom is 0.522 e. The molecule has 0 aliphatic carbocycles. The molecule has 0 fully saturated rings. The van der Waals surface area contributed by atoms with E-state index in [0.717, 1.165) is 12.0 Å². The van der Waals surface area contributed by atoms with Crippen molar-refractivity contribution in [1.82, 2.24) is 4.90 Å². The Morgan fingerprint density at radius 2 is 1.89 bits per heavy atom. The summed E-state index contributed by atoms with van der Waals surface area (Å²) in [6, 6.07) is 7.35. The van der Waals surface area contributed by atoms with Gasteiger partial charge >= 0.3 is 6.36 Å². The van der Waals surface area contributed by atoms with Crippen molar-refractivity contribution in [2.24, 2.45) is 0 Å². The first-order valence-electron chi connectivity index (χ1n) is 6.19. The average Bonchev–Trinajstić information content (AvgIpc) is 2.30. The minimum atomic E-state index is -4.57. The number of nitrogens with zero attached hydrogens (tertiary/aromatic N) is 1. The number of anilines is 1. The largest absolute Gasteiger partial charge is 0.522 e. The van der Waals surface area contributed by atoms with Crippen LogP contribution in [0.15, 0.2) is 24.3 Å². The number of hydrogen-bond acceptors (Lipinski definition) is 3. The normalized spacial score (nSPS) is 12.1. The fourth-order valence-corrected chi connectivity index (χ4v) is 1.80. The van der Waals surface area contributed by atoms with E-state index >= 15 is 0 Å². The molecule has 0 saturated carbocycles. The second-order valence-electron chi connectivity index (χ2n) is 4.27. The van der Waals surface area contributed by atoms with Gasteiger partial charge in [0.2, 0.25) is 0 Å². The standard InChI is InChI=1S/C13H19F3N2O/c1-2-7-18(8-9-19-13(14,15)16)10-11-5-3-4-6-12(11)17/h3-6H,2,7-10,17H2,1H3. The van der Waals surface area contributed by atoms with E-state index in [2.05, 4.69) is 4.74 Å². The summed E-state index contributed by atoms with van der Waals surface area (Å²) in [5.74, 6) is 0. The van der Waals surface area contributed by atoms with E-state index in [9.17, 15) is 13.2 Å². The number of ether oxygens (including phenoxy) is 1. The van der Waals surface area contributed by atoms with Gasteiger partial charge < -0.3 is 5.73 Å². The number of benzene rings is 1. The van der Waals surface area contributed by atoms with Crippen LogP contribution in [-0.2, 0) is 11.3 Å². The monoisotopic (exact) mass is 276 g/mol. The van der Waals surface area contributed by atoms with E-state index in [0.29, 0.717) is 18.8 Å². The number of para-hydroxylation sites is 1. The molecule has 0 aliphatic rings. The summed E-state index contributed by atoms with van der Waals surface area (Å²) in [6.07, 6.45) is -3.71. The predicted octanol–water partition coefficient (Wildman–Crippen LogP) is 3.02. The molecule has 0 amide bonds. The Bertz CT molecular complexity index is 382. The molecule has 0 aromatic heterocycles. The number of alkyl halides is 3. The fourth-order valence-electron chi connectivity index (χ4n) is 1.80. The van der Waals surface area contributed by atoms with Crippen LogP contribution in [0.4, 0.5) is 18.9 Å². The summed E-state index contributed by atoms with van der Waals surface area (Å²) in [5.41, 5.74) is 7.40. The van der Waals surface area contributed by atoms with Crippen LogP contribution in [0.25, 0.3) is 0 Å². The van der Waals surface area contributed by atoms with Gasteiger partial charge in [-0.1, -0.05) is 25.1 Å². The van der Waals surface area contributed by atoms with Crippen molar-refractivity contribution in [3.8, 4) is 0 Å². The van der Waals surface area contributed by atoms with Gasteiger partial charge in [0.1, 0.15) is 0 Å². The maximum atomic E-state index is 11.9. The lowest BCUT2D eigenvalue weighted by Crippen LogP contribution is -2.30. The minimum absolute atomic E-state index is 0.224. The molecule has 0 heterocycles. The van der Waals surface area contributed by atoms with Crippen LogP contribution in [0.2, 0.25) is 0 Å². The highest BCUT2D eigenvalue weighted by Crippen LogP contribution is 2.17. The zero-order valence-electron chi connectivity index (χ0n) is 10.9. The van der Waals surface area contributed by atoms with Crippen LogP contribution in [0.5, 0.6) is 0 Å². The van der Waals surface area contributed by atoms with Crippen molar-refractivity contribution in [2.75, 3.05) is 25.4 Å². The van der Waals surface area contributed by atoms with Crippen LogP contribution in [-0.4, -0.2) is 31.0 Å². The van der Waals surface area contributed by atoms with E-state index in [1.807, 2.05) is 30.0 Å². The van der Waals surface area contributed by atoms with Gasteiger partial charge in [-0.05, 0) is 24.6 Å². The quantitative estimate of drug-likeness (QED) is 0.778. The molecule has 0 saturated heterocycles. The van der Waals surface area contributed by atoms with Gasteiger partial charge in [0, 0.05) is 18.8 Å². The summed E-state index contributed by atoms with van der Waals surface area (Å²) in [7, 11) is 0. The number of hydrogen-bond donors (Lipinski definition) is 1. The van der Waals surface area contributed by atoms with Gasteiger partial charge in [0.25, 0.3) is 0 Å². The van der Waals surface area contributed by atoms with Crippen LogP contribution in [0.3, 0.4) is 0 Å². The molecule has 19 heavy (non-hydrogen) atoms. The second kappa shape index (κ2) is 7.35. The van der Waals surface area contributed by atoms with Crippen LogP contribution in [0.1, 0.15) is 18.9 Å². The third-order valence-electron chi connectivity index (χ3n) is 2.66. The van der Waals surface area contributed by atoms with Gasteiger partial charge in [-0.3, -0.25) is 9.64 Å². The first kappa shape index (κ1) is 15.8. The molecular weight excluding hydrogens is 257 g/mol. The van der Waals surface area contributed by atoms with Gasteiger partial charge in [-0.25, -0.2) is 0 Å². The number of nitrogen functional groups attached to an aromatic ring is 1. The molecule has 1 rings (SSSR count). The molecule has 1 aromatic carbocycles. The summed E-state index contributed by atoms with van der Waals surface area (Å²) in [6.45, 7) is 3.07. The Hall–Kier alpha value is -1.27. The topological polar surface area (TPSA) is 38.5 Å². The Morgan fingerprint density at radius 1 is 1.21 bits per heavy atom. The maximum absolute atomic E-state index is 11.9. The van der Waals surface area contributed by atoms with Gasteiger partial charge in [0.05, 0.1) is 6.61 Å². The highest BCUT2D eigenvalue weighted by Gasteiger charge is 2.28. The van der Waals surface area contributed by atoms with Crippen molar-refractivity contribution in [3.63, 3.8) is 0 Å². The highest BCUT2D eigenvalue weighted by molar-refractivity contribution is 5.46. The lowest BCUT2D eigenvalue weighted by atomic mass is 10.1. The smallest absolute Gasteiger partial charge is 0.398 e. The molecular formula is C13H19F3N2O. The highest BCUT2D eigenvalue weighted by atomic mass is 19.4. The summed E-state index contributed by atoms with van der Waals surface area (Å²) in [5, 5.41) is 0. The van der Waals surface area contributed by atoms with Gasteiger partial charge in [0.15, 0.2) is 0 Å². The van der Waals surface area contributed by atoms with E-state index in [1.54, 1.807) is 6.07 Å². The fraction of sp³-hybridized carbons (Fsp3) is 0.538. The zero-order valence-corrected chi connectivity index (χ0v) is 10.9. The number of halogens is 3. The molecule has 0 bridgehead atoms.